The zero-order valence-corrected chi connectivity index (χ0v) is 6.75. The van der Waals surface area contributed by atoms with Gasteiger partial charge in [-0.15, -0.1) is 0 Å². The zero-order chi connectivity index (χ0) is 8.69. The first kappa shape index (κ1) is 10.1. The largest absolute Gasteiger partial charge is 0.438 e. The molecule has 0 aromatic rings. The number of carbonyl (C=O) groups is 2. The zero-order valence-electron chi connectivity index (χ0n) is 6.75. The lowest BCUT2D eigenvalue weighted by atomic mass is 10.2. The minimum absolute atomic E-state index is 0.0145. The van der Waals surface area contributed by atoms with Gasteiger partial charge in [0.15, 0.2) is 6.79 Å². The van der Waals surface area contributed by atoms with Gasteiger partial charge in [0.05, 0.1) is 6.42 Å². The maximum absolute atomic E-state index is 10.7. The smallest absolute Gasteiger partial charge is 0.308 e. The Labute approximate surface area is 65.5 Å². The Morgan fingerprint density at radius 2 is 1.91 bits per heavy atom. The summed E-state index contributed by atoms with van der Waals surface area (Å²) in [5.41, 5.74) is 0. The summed E-state index contributed by atoms with van der Waals surface area (Å²) in [5, 5.41) is 0. The topological polar surface area (TPSA) is 52.6 Å². The fraction of sp³-hybridized carbons (Fsp3) is 0.714. The number of ketones is 1. The van der Waals surface area contributed by atoms with Gasteiger partial charge < -0.3 is 14.3 Å². The molecule has 0 atom stereocenters. The molecule has 0 radical (unpaired) electrons. The van der Waals surface area contributed by atoms with Crippen LogP contribution in [-0.2, 0) is 19.1 Å². The van der Waals surface area contributed by atoms with Crippen LogP contribution in [0.3, 0.4) is 0 Å². The van der Waals surface area contributed by atoms with Crippen LogP contribution in [0.4, 0.5) is 0 Å². The molecule has 0 aliphatic heterocycles. The van der Waals surface area contributed by atoms with E-state index in [2.05, 4.69) is 9.47 Å². The summed E-state index contributed by atoms with van der Waals surface area (Å²) in [6, 6.07) is 0. The highest BCUT2D eigenvalue weighted by Crippen LogP contribution is 1.93. The second-order valence-electron chi connectivity index (χ2n) is 2.12. The molecule has 4 heteroatoms. The van der Waals surface area contributed by atoms with Crippen molar-refractivity contribution < 1.29 is 19.1 Å². The minimum Gasteiger partial charge on any atom is -0.438 e. The van der Waals surface area contributed by atoms with Crippen molar-refractivity contribution in [1.29, 1.82) is 0 Å². The van der Waals surface area contributed by atoms with Gasteiger partial charge in [-0.2, -0.15) is 0 Å². The van der Waals surface area contributed by atoms with Crippen LogP contribution in [0.25, 0.3) is 0 Å². The Bertz CT molecular complexity index is 141. The van der Waals surface area contributed by atoms with Crippen LogP contribution in [0.2, 0.25) is 0 Å². The minimum atomic E-state index is -0.401. The van der Waals surface area contributed by atoms with Gasteiger partial charge in [-0.25, -0.2) is 0 Å². The van der Waals surface area contributed by atoms with Crippen LogP contribution in [0.15, 0.2) is 0 Å². The number of esters is 1. The summed E-state index contributed by atoms with van der Waals surface area (Å²) in [7, 11) is 1.43. The van der Waals surface area contributed by atoms with Crippen molar-refractivity contribution >= 4 is 11.8 Å². The van der Waals surface area contributed by atoms with Crippen molar-refractivity contribution in [2.45, 2.75) is 19.8 Å². The molecule has 0 unspecified atom stereocenters. The van der Waals surface area contributed by atoms with E-state index in [4.69, 9.17) is 0 Å². The average Bonchev–Trinajstić information content (AvgIpc) is 1.97. The molecule has 0 N–H and O–H groups in total. The molecule has 0 bridgehead atoms. The van der Waals surface area contributed by atoms with Gasteiger partial charge in [-0.05, 0) is 6.92 Å². The van der Waals surface area contributed by atoms with Gasteiger partial charge in [0.25, 0.3) is 0 Å². The summed E-state index contributed by atoms with van der Waals surface area (Å²) < 4.78 is 9.02. The van der Waals surface area contributed by atoms with Gasteiger partial charge in [0.2, 0.25) is 0 Å². The molecule has 0 rings (SSSR count). The molecular weight excluding hydrogens is 148 g/mol. The highest BCUT2D eigenvalue weighted by molar-refractivity contribution is 5.80. The third-order valence-electron chi connectivity index (χ3n) is 1.02. The highest BCUT2D eigenvalue weighted by Gasteiger charge is 2.03. The Kier molecular flexibility index (Phi) is 5.37. The van der Waals surface area contributed by atoms with E-state index in [-0.39, 0.29) is 25.4 Å². The standard InChI is InChI=1S/C7H12O4/c1-6(8)3-4-7(9)11-5-10-2/h3-5H2,1-2H3. The van der Waals surface area contributed by atoms with E-state index < -0.39 is 5.97 Å². The first-order chi connectivity index (χ1) is 5.16. The average molecular weight is 160 g/mol. The number of ether oxygens (including phenoxy) is 2. The number of rotatable bonds is 5. The van der Waals surface area contributed by atoms with Crippen LogP contribution < -0.4 is 0 Å². The number of Topliss-reactive ketones (excluding diaryl/α,β-unsaturated/α-hetero) is 1. The molecule has 0 saturated carbocycles. The maximum atomic E-state index is 10.7. The molecule has 11 heavy (non-hydrogen) atoms. The van der Waals surface area contributed by atoms with Crippen molar-refractivity contribution in [3.63, 3.8) is 0 Å². The van der Waals surface area contributed by atoms with Crippen LogP contribution in [0, 0.1) is 0 Å². The monoisotopic (exact) mass is 160 g/mol. The molecule has 0 fully saturated rings. The summed E-state index contributed by atoms with van der Waals surface area (Å²) in [6.45, 7) is 1.39. The lowest BCUT2D eigenvalue weighted by Crippen LogP contribution is -2.08. The number of hydrogen-bond donors (Lipinski definition) is 0. The van der Waals surface area contributed by atoms with E-state index in [1.54, 1.807) is 0 Å². The van der Waals surface area contributed by atoms with Gasteiger partial charge in [0, 0.05) is 13.5 Å². The van der Waals surface area contributed by atoms with Crippen molar-refractivity contribution in [3.05, 3.63) is 0 Å². The molecule has 0 aromatic heterocycles. The Morgan fingerprint density at radius 1 is 1.27 bits per heavy atom. The molecule has 0 aliphatic carbocycles. The predicted octanol–water partition coefficient (Wildman–Crippen LogP) is 0.503. The van der Waals surface area contributed by atoms with Crippen molar-refractivity contribution in [3.8, 4) is 0 Å². The molecule has 64 valence electrons. The van der Waals surface area contributed by atoms with E-state index in [1.807, 2.05) is 0 Å². The van der Waals surface area contributed by atoms with Crippen molar-refractivity contribution in [2.24, 2.45) is 0 Å². The van der Waals surface area contributed by atoms with Gasteiger partial charge in [0.1, 0.15) is 5.78 Å². The molecule has 0 saturated heterocycles. The Hall–Kier alpha value is -0.900. The normalized spacial score (nSPS) is 9.27. The van der Waals surface area contributed by atoms with E-state index in [1.165, 1.54) is 14.0 Å². The van der Waals surface area contributed by atoms with Gasteiger partial charge in [-0.3, -0.25) is 4.79 Å². The molecule has 4 nitrogen and oxygen atoms in total. The predicted molar refractivity (Wildman–Crippen MR) is 37.9 cm³/mol. The second kappa shape index (κ2) is 5.85. The van der Waals surface area contributed by atoms with Crippen LogP contribution in [0.5, 0.6) is 0 Å². The third kappa shape index (κ3) is 6.99. The molecule has 0 amide bonds. The first-order valence-corrected chi connectivity index (χ1v) is 3.31. The van der Waals surface area contributed by atoms with Crippen molar-refractivity contribution in [1.82, 2.24) is 0 Å². The first-order valence-electron chi connectivity index (χ1n) is 3.31. The van der Waals surface area contributed by atoms with Crippen LogP contribution >= 0.6 is 0 Å². The lowest BCUT2D eigenvalue weighted by Gasteiger charge is -2.00. The molecule has 0 heterocycles. The van der Waals surface area contributed by atoms with Gasteiger partial charge in [-0.1, -0.05) is 0 Å². The van der Waals surface area contributed by atoms with Crippen molar-refractivity contribution in [2.75, 3.05) is 13.9 Å². The second-order valence-corrected chi connectivity index (χ2v) is 2.12. The van der Waals surface area contributed by atoms with E-state index >= 15 is 0 Å². The summed E-state index contributed by atoms with van der Waals surface area (Å²) in [6.07, 6.45) is 0.376. The van der Waals surface area contributed by atoms with E-state index in [0.29, 0.717) is 0 Å². The maximum Gasteiger partial charge on any atom is 0.308 e. The van der Waals surface area contributed by atoms with E-state index in [0.717, 1.165) is 0 Å². The fourth-order valence-corrected chi connectivity index (χ4v) is 0.475. The Balaban J connectivity index is 3.30. The van der Waals surface area contributed by atoms with Gasteiger partial charge >= 0.3 is 5.97 Å². The number of carbonyl (C=O) groups excluding carboxylic acids is 2. The number of methoxy groups -OCH3 is 1. The summed E-state index contributed by atoms with van der Waals surface area (Å²) in [4.78, 5) is 21.0. The number of hydrogen-bond acceptors (Lipinski definition) is 4. The lowest BCUT2D eigenvalue weighted by molar-refractivity contribution is -0.154. The third-order valence-corrected chi connectivity index (χ3v) is 1.02. The quantitative estimate of drug-likeness (QED) is 0.434. The summed E-state index contributed by atoms with van der Waals surface area (Å²) >= 11 is 0. The molecule has 0 aliphatic rings. The Morgan fingerprint density at radius 3 is 2.36 bits per heavy atom. The van der Waals surface area contributed by atoms with Crippen LogP contribution in [-0.4, -0.2) is 25.7 Å². The van der Waals surface area contributed by atoms with E-state index in [9.17, 15) is 9.59 Å². The SMILES string of the molecule is COCOC(=O)CCC(C)=O. The van der Waals surface area contributed by atoms with Crippen LogP contribution in [0.1, 0.15) is 19.8 Å². The fourth-order valence-electron chi connectivity index (χ4n) is 0.475. The molecular formula is C7H12O4. The summed E-state index contributed by atoms with van der Waals surface area (Å²) in [5.74, 6) is -0.415. The molecule has 0 spiro atoms. The molecule has 0 aromatic carbocycles. The highest BCUT2D eigenvalue weighted by atomic mass is 16.7.